The number of ether oxygens (including phenoxy) is 1. The molecule has 0 aliphatic carbocycles. The molecule has 0 unspecified atom stereocenters. The highest BCUT2D eigenvalue weighted by atomic mass is 32.1. The Hall–Kier alpha value is -3.00. The predicted molar refractivity (Wildman–Crippen MR) is 87.1 cm³/mol. The molecule has 1 aromatic carbocycles. The number of amides is 1. The highest BCUT2D eigenvalue weighted by Gasteiger charge is 2.15. The molecule has 3 aromatic heterocycles. The number of carbonyl (C=O) groups is 1. The lowest BCUT2D eigenvalue weighted by atomic mass is 10.3. The van der Waals surface area contributed by atoms with Crippen LogP contribution < -0.4 is 10.1 Å². The number of methoxy groups -OCH3 is 1. The van der Waals surface area contributed by atoms with E-state index in [1.807, 2.05) is 22.6 Å². The average molecular weight is 325 g/mol. The first-order valence-electron chi connectivity index (χ1n) is 6.77. The molecule has 0 spiro atoms. The normalized spacial score (nSPS) is 11.0. The van der Waals surface area contributed by atoms with Gasteiger partial charge in [0.05, 0.1) is 23.5 Å². The van der Waals surface area contributed by atoms with Crippen LogP contribution in [0.15, 0.2) is 43.0 Å². The van der Waals surface area contributed by atoms with Crippen molar-refractivity contribution in [2.75, 3.05) is 12.4 Å². The molecule has 1 N–H and O–H groups in total. The van der Waals surface area contributed by atoms with E-state index in [-0.39, 0.29) is 5.91 Å². The molecule has 0 saturated carbocycles. The van der Waals surface area contributed by atoms with Gasteiger partial charge in [0.2, 0.25) is 0 Å². The van der Waals surface area contributed by atoms with Gasteiger partial charge in [-0.1, -0.05) is 11.3 Å². The van der Waals surface area contributed by atoms with E-state index >= 15 is 0 Å². The van der Waals surface area contributed by atoms with E-state index in [9.17, 15) is 4.79 Å². The number of nitrogens with zero attached hydrogens (tertiary/aromatic N) is 4. The second-order valence-corrected chi connectivity index (χ2v) is 5.77. The van der Waals surface area contributed by atoms with Gasteiger partial charge in [0.15, 0.2) is 10.8 Å². The van der Waals surface area contributed by atoms with Crippen LogP contribution in [0.3, 0.4) is 0 Å². The van der Waals surface area contributed by atoms with Crippen LogP contribution in [0.4, 0.5) is 5.82 Å². The molecule has 4 rings (SSSR count). The average Bonchev–Trinajstić information content (AvgIpc) is 3.12. The van der Waals surface area contributed by atoms with Crippen LogP contribution in [0.2, 0.25) is 0 Å². The molecule has 0 aliphatic heterocycles. The Labute approximate surface area is 134 Å². The fourth-order valence-corrected chi connectivity index (χ4v) is 3.30. The van der Waals surface area contributed by atoms with Gasteiger partial charge < -0.3 is 10.1 Å². The van der Waals surface area contributed by atoms with E-state index in [0.29, 0.717) is 11.5 Å². The van der Waals surface area contributed by atoms with Crippen LogP contribution in [0.1, 0.15) is 10.5 Å². The van der Waals surface area contributed by atoms with E-state index in [0.717, 1.165) is 20.9 Å². The third-order valence-corrected chi connectivity index (χ3v) is 4.36. The minimum atomic E-state index is -0.317. The summed E-state index contributed by atoms with van der Waals surface area (Å²) in [4.78, 5) is 25.3. The second-order valence-electron chi connectivity index (χ2n) is 4.76. The molecule has 23 heavy (non-hydrogen) atoms. The lowest BCUT2D eigenvalue weighted by Gasteiger charge is -2.00. The number of hydrogen-bond acceptors (Lipinski definition) is 6. The lowest BCUT2D eigenvalue weighted by molar-refractivity contribution is 0.102. The molecule has 114 valence electrons. The van der Waals surface area contributed by atoms with Crippen molar-refractivity contribution in [3.05, 3.63) is 48.7 Å². The maximum atomic E-state index is 12.2. The topological polar surface area (TPSA) is 81.4 Å². The Morgan fingerprint density at radius 2 is 2.26 bits per heavy atom. The Balaban J connectivity index is 1.70. The predicted octanol–water partition coefficient (Wildman–Crippen LogP) is 2.60. The van der Waals surface area contributed by atoms with E-state index in [1.54, 1.807) is 19.5 Å². The minimum absolute atomic E-state index is 0.317. The standard InChI is InChI=1S/C15H11N5O2S/c1-22-9-2-3-11-12(6-9)23-15-18-10(8-20(11)15)14(21)19-13-7-16-4-5-17-13/h2-8H,1H3,(H,17,19,21). The molecule has 7 nitrogen and oxygen atoms in total. The van der Waals surface area contributed by atoms with Crippen LogP contribution in [0, 0.1) is 0 Å². The summed E-state index contributed by atoms with van der Waals surface area (Å²) in [6.45, 7) is 0. The van der Waals surface area contributed by atoms with E-state index in [1.165, 1.54) is 23.7 Å². The monoisotopic (exact) mass is 325 g/mol. The molecular weight excluding hydrogens is 314 g/mol. The largest absolute Gasteiger partial charge is 0.497 e. The Bertz CT molecular complexity index is 1010. The zero-order valence-electron chi connectivity index (χ0n) is 12.1. The molecule has 8 heteroatoms. The summed E-state index contributed by atoms with van der Waals surface area (Å²) < 4.78 is 8.17. The molecule has 0 aliphatic rings. The van der Waals surface area contributed by atoms with Crippen molar-refractivity contribution in [1.82, 2.24) is 19.4 Å². The fourth-order valence-electron chi connectivity index (χ4n) is 2.26. The number of carbonyl (C=O) groups excluding carboxylic acids is 1. The molecule has 0 saturated heterocycles. The molecule has 0 radical (unpaired) electrons. The molecular formula is C15H11N5O2S. The van der Waals surface area contributed by atoms with Gasteiger partial charge in [0.1, 0.15) is 11.4 Å². The first kappa shape index (κ1) is 13.6. The zero-order chi connectivity index (χ0) is 15.8. The fraction of sp³-hybridized carbons (Fsp3) is 0.0667. The summed E-state index contributed by atoms with van der Waals surface area (Å²) in [5.41, 5.74) is 1.32. The SMILES string of the molecule is COc1ccc2c(c1)sc1nc(C(=O)Nc3cnccn3)cn12. The third kappa shape index (κ3) is 2.38. The maximum absolute atomic E-state index is 12.2. The van der Waals surface area contributed by atoms with Crippen LogP contribution in [0.5, 0.6) is 5.75 Å². The number of imidazole rings is 1. The summed E-state index contributed by atoms with van der Waals surface area (Å²) in [6, 6.07) is 5.78. The molecule has 4 aromatic rings. The first-order chi connectivity index (χ1) is 11.2. The van der Waals surface area contributed by atoms with Gasteiger partial charge >= 0.3 is 0 Å². The van der Waals surface area contributed by atoms with Gasteiger partial charge in [-0.2, -0.15) is 0 Å². The first-order valence-corrected chi connectivity index (χ1v) is 7.59. The molecule has 0 bridgehead atoms. The van der Waals surface area contributed by atoms with Crippen LogP contribution in [-0.2, 0) is 0 Å². The highest BCUT2D eigenvalue weighted by molar-refractivity contribution is 7.23. The molecule has 1 amide bonds. The van der Waals surface area contributed by atoms with Crippen molar-refractivity contribution in [3.8, 4) is 5.75 Å². The van der Waals surface area contributed by atoms with Crippen molar-refractivity contribution >= 4 is 38.2 Å². The highest BCUT2D eigenvalue weighted by Crippen LogP contribution is 2.29. The minimum Gasteiger partial charge on any atom is -0.497 e. The number of rotatable bonds is 3. The third-order valence-electron chi connectivity index (χ3n) is 3.34. The van der Waals surface area contributed by atoms with Crippen molar-refractivity contribution in [2.45, 2.75) is 0 Å². The van der Waals surface area contributed by atoms with Crippen molar-refractivity contribution in [3.63, 3.8) is 0 Å². The number of thiazole rings is 1. The number of nitrogens with one attached hydrogen (secondary N) is 1. The number of aromatic nitrogens is 4. The number of benzene rings is 1. The summed E-state index contributed by atoms with van der Waals surface area (Å²) in [5, 5.41) is 2.67. The zero-order valence-corrected chi connectivity index (χ0v) is 12.9. The van der Waals surface area contributed by atoms with Gasteiger partial charge in [-0.15, -0.1) is 0 Å². The Morgan fingerprint density at radius 3 is 3.04 bits per heavy atom. The summed E-state index contributed by atoms with van der Waals surface area (Å²) in [7, 11) is 1.63. The summed E-state index contributed by atoms with van der Waals surface area (Å²) >= 11 is 1.50. The van der Waals surface area contributed by atoms with Crippen LogP contribution in [-0.4, -0.2) is 32.4 Å². The number of fused-ring (bicyclic) bond motifs is 3. The van der Waals surface area contributed by atoms with Gasteiger partial charge in [-0.05, 0) is 18.2 Å². The number of anilines is 1. The Morgan fingerprint density at radius 1 is 1.35 bits per heavy atom. The number of hydrogen-bond donors (Lipinski definition) is 1. The van der Waals surface area contributed by atoms with Crippen molar-refractivity contribution in [2.24, 2.45) is 0 Å². The van der Waals surface area contributed by atoms with Crippen molar-refractivity contribution in [1.29, 1.82) is 0 Å². The Kier molecular flexibility index (Phi) is 3.16. The van der Waals surface area contributed by atoms with Crippen LogP contribution >= 0.6 is 11.3 Å². The van der Waals surface area contributed by atoms with Gasteiger partial charge in [-0.25, -0.2) is 9.97 Å². The van der Waals surface area contributed by atoms with Crippen LogP contribution in [0.25, 0.3) is 15.2 Å². The summed E-state index contributed by atoms with van der Waals surface area (Å²) in [6.07, 6.45) is 6.26. The summed E-state index contributed by atoms with van der Waals surface area (Å²) in [5.74, 6) is 0.870. The van der Waals surface area contributed by atoms with Gasteiger partial charge in [0, 0.05) is 18.6 Å². The van der Waals surface area contributed by atoms with Gasteiger partial charge in [0.25, 0.3) is 5.91 Å². The van der Waals surface area contributed by atoms with E-state index in [2.05, 4.69) is 20.3 Å². The quantitative estimate of drug-likeness (QED) is 0.626. The molecule has 3 heterocycles. The van der Waals surface area contributed by atoms with Gasteiger partial charge in [-0.3, -0.25) is 14.2 Å². The maximum Gasteiger partial charge on any atom is 0.277 e. The van der Waals surface area contributed by atoms with E-state index < -0.39 is 0 Å². The van der Waals surface area contributed by atoms with E-state index in [4.69, 9.17) is 4.74 Å². The molecule has 0 atom stereocenters. The lowest BCUT2D eigenvalue weighted by Crippen LogP contribution is -2.13. The van der Waals surface area contributed by atoms with Crippen molar-refractivity contribution < 1.29 is 9.53 Å². The molecule has 0 fully saturated rings. The smallest absolute Gasteiger partial charge is 0.277 e. The second kappa shape index (κ2) is 5.33.